The number of hydrogen-bond acceptors (Lipinski definition) is 10. The van der Waals surface area contributed by atoms with Gasteiger partial charge in [0.15, 0.2) is 11.8 Å². The summed E-state index contributed by atoms with van der Waals surface area (Å²) in [5, 5.41) is 17.0. The molecule has 0 aliphatic carbocycles. The topological polar surface area (TPSA) is 157 Å². The number of para-hydroxylation sites is 1. The molecule has 2 aromatic heterocycles. The predicted molar refractivity (Wildman–Crippen MR) is 146 cm³/mol. The molecule has 1 aliphatic rings. The van der Waals surface area contributed by atoms with E-state index in [9.17, 15) is 4.79 Å². The third-order valence-electron chi connectivity index (χ3n) is 6.32. The first-order valence-corrected chi connectivity index (χ1v) is 13.1. The Balaban J connectivity index is 1.41. The van der Waals surface area contributed by atoms with Crippen LogP contribution in [0.3, 0.4) is 0 Å². The molecule has 0 radical (unpaired) electrons. The average molecular weight is 536 g/mol. The maximum absolute atomic E-state index is 13.0. The van der Waals surface area contributed by atoms with E-state index in [2.05, 4.69) is 49.8 Å². The second-order valence-corrected chi connectivity index (χ2v) is 10.8. The minimum Gasteiger partial charge on any atom is -0.439 e. The summed E-state index contributed by atoms with van der Waals surface area (Å²) in [6.07, 6.45) is 2.54. The second-order valence-electron chi connectivity index (χ2n) is 10.8. The van der Waals surface area contributed by atoms with Crippen molar-refractivity contribution in [1.82, 2.24) is 35.8 Å². The van der Waals surface area contributed by atoms with E-state index in [1.54, 1.807) is 6.20 Å². The van der Waals surface area contributed by atoms with Gasteiger partial charge in [0.2, 0.25) is 11.8 Å². The van der Waals surface area contributed by atoms with Gasteiger partial charge in [0.25, 0.3) is 0 Å². The Morgan fingerprint density at radius 1 is 1.23 bits per heavy atom. The number of carbonyl (C=O) groups excluding carboxylic acids is 1. The van der Waals surface area contributed by atoms with E-state index in [-0.39, 0.29) is 36.5 Å². The van der Waals surface area contributed by atoms with Crippen LogP contribution in [0, 0.1) is 5.92 Å². The van der Waals surface area contributed by atoms with Gasteiger partial charge >= 0.3 is 0 Å². The summed E-state index contributed by atoms with van der Waals surface area (Å²) < 4.78 is 11.8. The van der Waals surface area contributed by atoms with Gasteiger partial charge in [-0.25, -0.2) is 15.1 Å². The molecule has 1 aromatic carbocycles. The third-order valence-corrected chi connectivity index (χ3v) is 6.32. The molecule has 1 amide bonds. The molecule has 4 rings (SSSR count). The molecule has 0 spiro atoms. The Morgan fingerprint density at radius 2 is 2.00 bits per heavy atom. The van der Waals surface area contributed by atoms with Crippen LogP contribution < -0.4 is 15.8 Å². The molecule has 39 heavy (non-hydrogen) atoms. The maximum atomic E-state index is 13.0. The molecule has 12 nitrogen and oxygen atoms in total. The molecule has 0 bridgehead atoms. The van der Waals surface area contributed by atoms with E-state index in [4.69, 9.17) is 15.2 Å². The fourth-order valence-electron chi connectivity index (χ4n) is 4.33. The summed E-state index contributed by atoms with van der Waals surface area (Å²) in [6, 6.07) is 10.9. The van der Waals surface area contributed by atoms with Crippen molar-refractivity contribution in [3.05, 3.63) is 54.0 Å². The number of nitrogens with zero attached hydrogens (tertiary/aromatic N) is 6. The highest BCUT2D eigenvalue weighted by molar-refractivity contribution is 5.84. The van der Waals surface area contributed by atoms with Crippen molar-refractivity contribution < 1.29 is 14.3 Å². The molecule has 3 aromatic rings. The van der Waals surface area contributed by atoms with Gasteiger partial charge in [0.1, 0.15) is 11.8 Å². The molecule has 0 fully saturated rings. The normalized spacial score (nSPS) is 14.9. The van der Waals surface area contributed by atoms with Gasteiger partial charge in [-0.05, 0) is 55.7 Å². The average Bonchev–Trinajstić information content (AvgIpc) is 3.42. The number of aromatic amines is 1. The lowest BCUT2D eigenvalue weighted by Gasteiger charge is -2.37. The lowest BCUT2D eigenvalue weighted by Crippen LogP contribution is -2.48. The standard InChI is InChI=1S/C27H37N9O3/c1-17(2)22(11-12-23(37)30-21(16-38-27(3,4)5)25-32-34-35-33-25)36-15-18-13-24(29-14-20(18)31-26(36)28)39-19-9-7-6-8-10-19/h6-10,13-14,17,21-22H,11-12,15-16H2,1-5H3,(H2,28,31)(H,30,37)(H,32,33,34,35)/t21-,22-/m0/s1. The molecular formula is C27H37N9O3. The fraction of sp³-hybridized carbons (Fsp3) is 0.481. The number of pyridine rings is 1. The van der Waals surface area contributed by atoms with Crippen molar-refractivity contribution in [1.29, 1.82) is 0 Å². The lowest BCUT2D eigenvalue weighted by atomic mass is 9.96. The van der Waals surface area contributed by atoms with Crippen LogP contribution in [0.5, 0.6) is 11.6 Å². The van der Waals surface area contributed by atoms with Crippen LogP contribution in [0.2, 0.25) is 0 Å². The predicted octanol–water partition coefficient (Wildman–Crippen LogP) is 3.63. The summed E-state index contributed by atoms with van der Waals surface area (Å²) in [6.45, 7) is 10.9. The maximum Gasteiger partial charge on any atom is 0.220 e. The van der Waals surface area contributed by atoms with E-state index in [0.717, 1.165) is 5.56 Å². The minimum absolute atomic E-state index is 0.0180. The molecule has 0 saturated heterocycles. The number of carbonyl (C=O) groups is 1. The van der Waals surface area contributed by atoms with Gasteiger partial charge in [-0.1, -0.05) is 32.0 Å². The van der Waals surface area contributed by atoms with Crippen LogP contribution >= 0.6 is 0 Å². The molecule has 1 aliphatic heterocycles. The Bertz CT molecular complexity index is 1260. The Kier molecular flexibility index (Phi) is 8.75. The van der Waals surface area contributed by atoms with E-state index in [1.807, 2.05) is 62.1 Å². The van der Waals surface area contributed by atoms with Gasteiger partial charge in [0.05, 0.1) is 24.1 Å². The number of ether oxygens (including phenoxy) is 2. The van der Waals surface area contributed by atoms with Crippen LogP contribution in [-0.2, 0) is 16.1 Å². The molecule has 12 heteroatoms. The number of rotatable bonds is 11. The highest BCUT2D eigenvalue weighted by atomic mass is 16.5. The fourth-order valence-corrected chi connectivity index (χ4v) is 4.33. The van der Waals surface area contributed by atoms with E-state index < -0.39 is 6.04 Å². The zero-order valence-electron chi connectivity index (χ0n) is 23.1. The smallest absolute Gasteiger partial charge is 0.220 e. The first kappa shape index (κ1) is 28.0. The van der Waals surface area contributed by atoms with Crippen molar-refractivity contribution in [2.45, 2.75) is 71.7 Å². The van der Waals surface area contributed by atoms with E-state index in [0.29, 0.717) is 42.1 Å². The number of fused-ring (bicyclic) bond motifs is 1. The summed E-state index contributed by atoms with van der Waals surface area (Å²) in [7, 11) is 0. The minimum atomic E-state index is -0.492. The number of H-pyrrole nitrogens is 1. The zero-order chi connectivity index (χ0) is 28.0. The highest BCUT2D eigenvalue weighted by Gasteiger charge is 2.29. The summed E-state index contributed by atoms with van der Waals surface area (Å²) in [5.41, 5.74) is 7.70. The van der Waals surface area contributed by atoms with Crippen LogP contribution in [0.4, 0.5) is 5.69 Å². The number of amides is 1. The monoisotopic (exact) mass is 535 g/mol. The highest BCUT2D eigenvalue weighted by Crippen LogP contribution is 2.32. The first-order chi connectivity index (χ1) is 18.6. The number of benzene rings is 1. The van der Waals surface area contributed by atoms with Gasteiger partial charge in [-0.15, -0.1) is 5.10 Å². The van der Waals surface area contributed by atoms with Gasteiger partial charge in [-0.2, -0.15) is 0 Å². The number of aromatic nitrogens is 5. The molecule has 0 unspecified atom stereocenters. The molecule has 2 atom stereocenters. The largest absolute Gasteiger partial charge is 0.439 e. The number of nitrogens with one attached hydrogen (secondary N) is 2. The molecule has 208 valence electrons. The van der Waals surface area contributed by atoms with E-state index in [1.165, 1.54) is 0 Å². The van der Waals surface area contributed by atoms with Gasteiger partial charge in [0, 0.05) is 30.6 Å². The van der Waals surface area contributed by atoms with Crippen molar-refractivity contribution in [2.75, 3.05) is 6.61 Å². The van der Waals surface area contributed by atoms with Crippen LogP contribution in [0.25, 0.3) is 0 Å². The summed E-state index contributed by atoms with van der Waals surface area (Å²) in [5.74, 6) is 2.13. The number of nitrogens with two attached hydrogens (primary N) is 1. The number of tetrazole rings is 1. The molecular weight excluding hydrogens is 498 g/mol. The summed E-state index contributed by atoms with van der Waals surface area (Å²) in [4.78, 5) is 24.1. The quantitative estimate of drug-likeness (QED) is 0.333. The Hall–Kier alpha value is -4.06. The number of guanidine groups is 1. The third kappa shape index (κ3) is 7.73. The van der Waals surface area contributed by atoms with Crippen LogP contribution in [0.1, 0.15) is 64.9 Å². The van der Waals surface area contributed by atoms with Crippen molar-refractivity contribution in [2.24, 2.45) is 16.6 Å². The number of aliphatic imine (C=N–C) groups is 1. The Morgan fingerprint density at radius 3 is 2.67 bits per heavy atom. The summed E-state index contributed by atoms with van der Waals surface area (Å²) >= 11 is 0. The van der Waals surface area contributed by atoms with Crippen molar-refractivity contribution >= 4 is 17.6 Å². The van der Waals surface area contributed by atoms with Gasteiger partial charge in [-0.3, -0.25) is 4.79 Å². The Labute approximate surface area is 228 Å². The first-order valence-electron chi connectivity index (χ1n) is 13.1. The molecule has 4 N–H and O–H groups in total. The van der Waals surface area contributed by atoms with Crippen molar-refractivity contribution in [3.63, 3.8) is 0 Å². The van der Waals surface area contributed by atoms with Crippen LogP contribution in [0.15, 0.2) is 47.6 Å². The van der Waals surface area contributed by atoms with Crippen molar-refractivity contribution in [3.8, 4) is 11.6 Å². The SMILES string of the molecule is CC(C)[C@H](CCC(=O)N[C@@H](COC(C)(C)C)c1nnn[nH]1)N1Cc2cc(Oc3ccccc3)ncc2N=C1N. The zero-order valence-corrected chi connectivity index (χ0v) is 23.1. The lowest BCUT2D eigenvalue weighted by molar-refractivity contribution is -0.123. The molecule has 0 saturated carbocycles. The van der Waals surface area contributed by atoms with E-state index >= 15 is 0 Å². The number of hydrogen-bond donors (Lipinski definition) is 3. The second kappa shape index (κ2) is 12.2. The molecule has 3 heterocycles. The van der Waals surface area contributed by atoms with Gasteiger partial charge < -0.3 is 25.4 Å². The van der Waals surface area contributed by atoms with Crippen LogP contribution in [-0.4, -0.2) is 60.6 Å².